The third-order valence-corrected chi connectivity index (χ3v) is 2.55. The van der Waals surface area contributed by atoms with Gasteiger partial charge in [0.05, 0.1) is 6.04 Å². The van der Waals surface area contributed by atoms with E-state index in [4.69, 9.17) is 20.3 Å². The van der Waals surface area contributed by atoms with Gasteiger partial charge in [-0.25, -0.2) is 4.79 Å². The van der Waals surface area contributed by atoms with Crippen LogP contribution in [0.1, 0.15) is 18.0 Å². The van der Waals surface area contributed by atoms with Gasteiger partial charge in [0.1, 0.15) is 0 Å². The highest BCUT2D eigenvalue weighted by Gasteiger charge is 2.18. The Morgan fingerprint density at radius 2 is 2.24 bits per heavy atom. The van der Waals surface area contributed by atoms with Crippen molar-refractivity contribution in [3.05, 3.63) is 23.8 Å². The van der Waals surface area contributed by atoms with Crippen LogP contribution in [0.3, 0.4) is 0 Å². The highest BCUT2D eigenvalue weighted by atomic mass is 16.7. The van der Waals surface area contributed by atoms with Crippen LogP contribution in [0.2, 0.25) is 0 Å². The van der Waals surface area contributed by atoms with E-state index in [9.17, 15) is 4.79 Å². The molecular formula is C11H14N2O4. The van der Waals surface area contributed by atoms with Gasteiger partial charge in [-0.15, -0.1) is 0 Å². The van der Waals surface area contributed by atoms with Gasteiger partial charge in [-0.05, 0) is 30.7 Å². The topological polar surface area (TPSA) is 93.8 Å². The van der Waals surface area contributed by atoms with Crippen molar-refractivity contribution in [3.63, 3.8) is 0 Å². The highest BCUT2D eigenvalue weighted by Crippen LogP contribution is 2.34. The van der Waals surface area contributed by atoms with Gasteiger partial charge in [-0.1, -0.05) is 6.07 Å². The van der Waals surface area contributed by atoms with Crippen LogP contribution in [0.25, 0.3) is 0 Å². The third kappa shape index (κ3) is 2.59. The van der Waals surface area contributed by atoms with E-state index in [2.05, 4.69) is 5.32 Å². The van der Waals surface area contributed by atoms with E-state index in [0.29, 0.717) is 24.5 Å². The lowest BCUT2D eigenvalue weighted by atomic mass is 10.0. The Morgan fingerprint density at radius 1 is 1.47 bits per heavy atom. The zero-order valence-electron chi connectivity index (χ0n) is 9.18. The second-order valence-corrected chi connectivity index (χ2v) is 3.69. The van der Waals surface area contributed by atoms with Crippen LogP contribution in [0, 0.1) is 0 Å². The standard InChI is InChI=1S/C11H14N2O4/c12-4-3-8(13-11(14)15)7-1-2-9-10(5-7)17-6-16-9/h1-2,5,8,13H,3-4,6,12H2,(H,14,15). The summed E-state index contributed by atoms with van der Waals surface area (Å²) in [5, 5.41) is 11.2. The fourth-order valence-corrected chi connectivity index (χ4v) is 1.77. The van der Waals surface area contributed by atoms with Gasteiger partial charge in [0, 0.05) is 0 Å². The lowest BCUT2D eigenvalue weighted by molar-refractivity contribution is 0.173. The van der Waals surface area contributed by atoms with Crippen molar-refractivity contribution in [1.82, 2.24) is 5.32 Å². The Labute approximate surface area is 98.3 Å². The second kappa shape index (κ2) is 4.92. The molecule has 4 N–H and O–H groups in total. The second-order valence-electron chi connectivity index (χ2n) is 3.69. The lowest BCUT2D eigenvalue weighted by Gasteiger charge is -2.16. The summed E-state index contributed by atoms with van der Waals surface area (Å²) in [6.45, 7) is 0.603. The van der Waals surface area contributed by atoms with Gasteiger partial charge in [0.15, 0.2) is 11.5 Å². The van der Waals surface area contributed by atoms with Gasteiger partial charge < -0.3 is 25.6 Å². The number of amides is 1. The highest BCUT2D eigenvalue weighted by molar-refractivity contribution is 5.65. The van der Waals surface area contributed by atoms with Gasteiger partial charge in [-0.2, -0.15) is 0 Å². The number of fused-ring (bicyclic) bond motifs is 1. The molecule has 0 fully saturated rings. The minimum Gasteiger partial charge on any atom is -0.465 e. The average molecular weight is 238 g/mol. The first kappa shape index (κ1) is 11.5. The van der Waals surface area contributed by atoms with Crippen LogP contribution in [-0.4, -0.2) is 24.5 Å². The first-order valence-corrected chi connectivity index (χ1v) is 5.30. The van der Waals surface area contributed by atoms with Crippen molar-refractivity contribution in [2.45, 2.75) is 12.5 Å². The normalized spacial score (nSPS) is 14.4. The van der Waals surface area contributed by atoms with Crippen LogP contribution >= 0.6 is 0 Å². The number of ether oxygens (including phenoxy) is 2. The first-order chi connectivity index (χ1) is 8.20. The summed E-state index contributed by atoms with van der Waals surface area (Å²) >= 11 is 0. The molecule has 0 bridgehead atoms. The summed E-state index contributed by atoms with van der Waals surface area (Å²) in [4.78, 5) is 10.7. The van der Waals surface area contributed by atoms with Crippen molar-refractivity contribution < 1.29 is 19.4 Å². The summed E-state index contributed by atoms with van der Waals surface area (Å²) in [6.07, 6.45) is -0.535. The molecule has 0 spiro atoms. The Morgan fingerprint density at radius 3 is 2.94 bits per heavy atom. The predicted molar refractivity (Wildman–Crippen MR) is 60.1 cm³/mol. The van der Waals surface area contributed by atoms with Gasteiger partial charge in [0.2, 0.25) is 6.79 Å². The molecule has 1 aliphatic rings. The van der Waals surface area contributed by atoms with Crippen LogP contribution in [-0.2, 0) is 0 Å². The van der Waals surface area contributed by atoms with Crippen molar-refractivity contribution in [3.8, 4) is 11.5 Å². The van der Waals surface area contributed by atoms with E-state index in [1.807, 2.05) is 6.07 Å². The summed E-state index contributed by atoms with van der Waals surface area (Å²) in [5.74, 6) is 1.31. The summed E-state index contributed by atoms with van der Waals surface area (Å²) < 4.78 is 10.4. The molecule has 1 heterocycles. The summed E-state index contributed by atoms with van der Waals surface area (Å²) in [7, 11) is 0. The van der Waals surface area contributed by atoms with Crippen LogP contribution in [0.4, 0.5) is 4.79 Å². The monoisotopic (exact) mass is 238 g/mol. The smallest absolute Gasteiger partial charge is 0.405 e. The van der Waals surface area contributed by atoms with E-state index in [0.717, 1.165) is 5.56 Å². The van der Waals surface area contributed by atoms with Crippen molar-refractivity contribution in [2.24, 2.45) is 5.73 Å². The summed E-state index contributed by atoms with van der Waals surface area (Å²) in [6, 6.07) is 5.03. The molecule has 0 saturated carbocycles. The molecule has 1 aromatic rings. The van der Waals surface area contributed by atoms with E-state index in [-0.39, 0.29) is 12.8 Å². The Balaban J connectivity index is 2.20. The fraction of sp³-hybridized carbons (Fsp3) is 0.364. The number of benzene rings is 1. The molecule has 6 nitrogen and oxygen atoms in total. The fourth-order valence-electron chi connectivity index (χ4n) is 1.77. The number of hydrogen-bond acceptors (Lipinski definition) is 4. The van der Waals surface area contributed by atoms with Crippen LogP contribution < -0.4 is 20.5 Å². The van der Waals surface area contributed by atoms with E-state index in [1.165, 1.54) is 0 Å². The molecule has 0 radical (unpaired) electrons. The maximum atomic E-state index is 10.7. The molecule has 0 saturated heterocycles. The molecule has 1 unspecified atom stereocenters. The first-order valence-electron chi connectivity index (χ1n) is 5.30. The quantitative estimate of drug-likeness (QED) is 0.729. The Hall–Kier alpha value is -1.95. The molecule has 92 valence electrons. The molecule has 1 atom stereocenters. The number of nitrogens with one attached hydrogen (secondary N) is 1. The zero-order chi connectivity index (χ0) is 12.3. The third-order valence-electron chi connectivity index (χ3n) is 2.55. The molecule has 0 aromatic heterocycles. The number of carbonyl (C=O) groups is 1. The Kier molecular flexibility index (Phi) is 3.34. The number of carboxylic acid groups (broad SMARTS) is 1. The number of rotatable bonds is 4. The van der Waals surface area contributed by atoms with Gasteiger partial charge in [0.25, 0.3) is 0 Å². The van der Waals surface area contributed by atoms with E-state index < -0.39 is 6.09 Å². The molecule has 2 rings (SSSR count). The van der Waals surface area contributed by atoms with Gasteiger partial charge in [-0.3, -0.25) is 0 Å². The minimum absolute atomic E-state index is 0.201. The SMILES string of the molecule is NCCC(NC(=O)O)c1ccc2c(c1)OCO2. The summed E-state index contributed by atoms with van der Waals surface area (Å²) in [5.41, 5.74) is 6.29. The van der Waals surface area contributed by atoms with Crippen LogP contribution in [0.15, 0.2) is 18.2 Å². The molecule has 17 heavy (non-hydrogen) atoms. The minimum atomic E-state index is -1.07. The maximum absolute atomic E-state index is 10.7. The number of nitrogens with two attached hydrogens (primary N) is 1. The van der Waals surface area contributed by atoms with E-state index >= 15 is 0 Å². The van der Waals surface area contributed by atoms with Gasteiger partial charge >= 0.3 is 6.09 Å². The average Bonchev–Trinajstić information content (AvgIpc) is 2.74. The van der Waals surface area contributed by atoms with Crippen molar-refractivity contribution >= 4 is 6.09 Å². The lowest BCUT2D eigenvalue weighted by Crippen LogP contribution is -2.28. The molecule has 0 aliphatic carbocycles. The zero-order valence-corrected chi connectivity index (χ0v) is 9.18. The Bertz CT molecular complexity index is 422. The van der Waals surface area contributed by atoms with Crippen molar-refractivity contribution in [2.75, 3.05) is 13.3 Å². The van der Waals surface area contributed by atoms with Crippen molar-refractivity contribution in [1.29, 1.82) is 0 Å². The predicted octanol–water partition coefficient (Wildman–Crippen LogP) is 1.07. The molecular weight excluding hydrogens is 224 g/mol. The molecule has 1 aromatic carbocycles. The van der Waals surface area contributed by atoms with E-state index in [1.54, 1.807) is 12.1 Å². The maximum Gasteiger partial charge on any atom is 0.405 e. The number of hydrogen-bond donors (Lipinski definition) is 3. The molecule has 1 amide bonds. The molecule has 6 heteroatoms. The van der Waals surface area contributed by atoms with Crippen LogP contribution in [0.5, 0.6) is 11.5 Å². The largest absolute Gasteiger partial charge is 0.465 e. The molecule has 1 aliphatic heterocycles.